The van der Waals surface area contributed by atoms with Crippen molar-refractivity contribution >= 4 is 30.1 Å². The summed E-state index contributed by atoms with van der Waals surface area (Å²) < 4.78 is 0. The van der Waals surface area contributed by atoms with Crippen LogP contribution in [0.15, 0.2) is 0 Å². The van der Waals surface area contributed by atoms with Crippen molar-refractivity contribution in [3.63, 3.8) is 0 Å². The lowest BCUT2D eigenvalue weighted by atomic mass is 9.98. The highest BCUT2D eigenvalue weighted by Gasteiger charge is 2.22. The number of rotatable bonds is 3. The summed E-state index contributed by atoms with van der Waals surface area (Å²) in [5, 5.41) is 6.42. The molecule has 1 amide bonds. The molecule has 2 N–H and O–H groups in total. The molecule has 0 saturated carbocycles. The fourth-order valence-electron chi connectivity index (χ4n) is 2.42. The molecule has 0 aromatic carbocycles. The molecule has 2 rings (SSSR count). The van der Waals surface area contributed by atoms with E-state index in [1.165, 1.54) is 24.3 Å². The summed E-state index contributed by atoms with van der Waals surface area (Å²) in [5.74, 6) is 3.75. The number of halogens is 1. The van der Waals surface area contributed by atoms with Gasteiger partial charge in [-0.3, -0.25) is 4.79 Å². The smallest absolute Gasteiger partial charge is 0.224 e. The van der Waals surface area contributed by atoms with E-state index in [2.05, 4.69) is 10.6 Å². The largest absolute Gasteiger partial charge is 0.356 e. The fourth-order valence-corrected chi connectivity index (χ4v) is 3.62. The quantitative estimate of drug-likeness (QED) is 0.825. The Bertz CT molecular complexity index is 229. The molecule has 1 unspecified atom stereocenters. The SMILES string of the molecule is Cl.O=C(NCC1CCSCC1)C1CCCNC1. The zero-order valence-electron chi connectivity index (χ0n) is 10.2. The van der Waals surface area contributed by atoms with Crippen molar-refractivity contribution in [2.24, 2.45) is 11.8 Å². The maximum Gasteiger partial charge on any atom is 0.224 e. The molecule has 0 aromatic rings. The van der Waals surface area contributed by atoms with Gasteiger partial charge in [0.1, 0.15) is 0 Å². The monoisotopic (exact) mass is 278 g/mol. The van der Waals surface area contributed by atoms with Crippen LogP contribution in [0.2, 0.25) is 0 Å². The molecule has 2 fully saturated rings. The van der Waals surface area contributed by atoms with E-state index in [1.807, 2.05) is 11.8 Å². The highest BCUT2D eigenvalue weighted by molar-refractivity contribution is 7.99. The van der Waals surface area contributed by atoms with Gasteiger partial charge in [-0.05, 0) is 49.7 Å². The molecule has 0 aliphatic carbocycles. The molecule has 0 bridgehead atoms. The second-order valence-corrected chi connectivity index (χ2v) is 6.07. The summed E-state index contributed by atoms with van der Waals surface area (Å²) in [5.41, 5.74) is 0. The Kier molecular flexibility index (Phi) is 7.32. The number of piperidine rings is 1. The van der Waals surface area contributed by atoms with Crippen molar-refractivity contribution in [2.75, 3.05) is 31.1 Å². The number of carbonyl (C=O) groups is 1. The lowest BCUT2D eigenvalue weighted by molar-refractivity contribution is -0.125. The van der Waals surface area contributed by atoms with E-state index in [9.17, 15) is 4.79 Å². The van der Waals surface area contributed by atoms with Gasteiger partial charge in [0.05, 0.1) is 5.92 Å². The van der Waals surface area contributed by atoms with E-state index in [4.69, 9.17) is 0 Å². The third-order valence-corrected chi connectivity index (χ3v) is 4.62. The molecule has 2 saturated heterocycles. The number of thioether (sulfide) groups is 1. The number of amides is 1. The predicted octanol–water partition coefficient (Wildman–Crippen LogP) is 1.67. The van der Waals surface area contributed by atoms with Crippen LogP contribution in [0, 0.1) is 11.8 Å². The number of hydrogen-bond acceptors (Lipinski definition) is 3. The first kappa shape index (κ1) is 15.1. The predicted molar refractivity (Wildman–Crippen MR) is 75.9 cm³/mol. The highest BCUT2D eigenvalue weighted by Crippen LogP contribution is 2.22. The zero-order valence-corrected chi connectivity index (χ0v) is 11.9. The maximum atomic E-state index is 11.9. The van der Waals surface area contributed by atoms with Crippen molar-refractivity contribution < 1.29 is 4.79 Å². The molecule has 1 atom stereocenters. The van der Waals surface area contributed by atoms with Crippen LogP contribution in [0.25, 0.3) is 0 Å². The molecule has 2 heterocycles. The topological polar surface area (TPSA) is 41.1 Å². The van der Waals surface area contributed by atoms with E-state index in [0.717, 1.165) is 38.4 Å². The van der Waals surface area contributed by atoms with Crippen LogP contribution in [0.1, 0.15) is 25.7 Å². The van der Waals surface area contributed by atoms with Crippen molar-refractivity contribution in [3.8, 4) is 0 Å². The molecular formula is C12H23ClN2OS. The average Bonchev–Trinajstić information content (AvgIpc) is 2.38. The summed E-state index contributed by atoms with van der Waals surface area (Å²) in [6.45, 7) is 2.84. The first-order chi connectivity index (χ1) is 7.86. The van der Waals surface area contributed by atoms with Crippen LogP contribution in [0.4, 0.5) is 0 Å². The maximum absolute atomic E-state index is 11.9. The Morgan fingerprint density at radius 2 is 2.06 bits per heavy atom. The normalized spacial score (nSPS) is 26.0. The van der Waals surface area contributed by atoms with Crippen LogP contribution in [-0.4, -0.2) is 37.0 Å². The molecule has 17 heavy (non-hydrogen) atoms. The minimum atomic E-state index is 0. The Balaban J connectivity index is 0.00000144. The second kappa shape index (κ2) is 8.22. The van der Waals surface area contributed by atoms with E-state index in [1.54, 1.807) is 0 Å². The van der Waals surface area contributed by atoms with Crippen LogP contribution in [0.5, 0.6) is 0 Å². The molecule has 0 aromatic heterocycles. The average molecular weight is 279 g/mol. The summed E-state index contributed by atoms with van der Waals surface area (Å²) in [7, 11) is 0. The van der Waals surface area contributed by atoms with Gasteiger partial charge in [0, 0.05) is 13.1 Å². The lowest BCUT2D eigenvalue weighted by Gasteiger charge is -2.25. The van der Waals surface area contributed by atoms with Gasteiger partial charge in [-0.25, -0.2) is 0 Å². The summed E-state index contributed by atoms with van der Waals surface area (Å²) in [6, 6.07) is 0. The van der Waals surface area contributed by atoms with E-state index in [-0.39, 0.29) is 24.2 Å². The van der Waals surface area contributed by atoms with Crippen molar-refractivity contribution in [1.82, 2.24) is 10.6 Å². The molecule has 5 heteroatoms. The Morgan fingerprint density at radius 3 is 2.71 bits per heavy atom. The van der Waals surface area contributed by atoms with Crippen molar-refractivity contribution in [1.29, 1.82) is 0 Å². The summed E-state index contributed by atoms with van der Waals surface area (Å²) in [6.07, 6.45) is 4.74. The van der Waals surface area contributed by atoms with Crippen LogP contribution in [-0.2, 0) is 4.79 Å². The van der Waals surface area contributed by atoms with Gasteiger partial charge in [-0.1, -0.05) is 0 Å². The van der Waals surface area contributed by atoms with Gasteiger partial charge < -0.3 is 10.6 Å². The highest BCUT2D eigenvalue weighted by atomic mass is 35.5. The molecule has 2 aliphatic rings. The second-order valence-electron chi connectivity index (χ2n) is 4.84. The van der Waals surface area contributed by atoms with Gasteiger partial charge in [-0.2, -0.15) is 11.8 Å². The lowest BCUT2D eigenvalue weighted by Crippen LogP contribution is -2.42. The van der Waals surface area contributed by atoms with Crippen LogP contribution < -0.4 is 10.6 Å². The number of carbonyl (C=O) groups excluding carboxylic acids is 1. The van der Waals surface area contributed by atoms with Gasteiger partial charge in [0.2, 0.25) is 5.91 Å². The minimum Gasteiger partial charge on any atom is -0.356 e. The first-order valence-electron chi connectivity index (χ1n) is 6.42. The Morgan fingerprint density at radius 1 is 1.29 bits per heavy atom. The van der Waals surface area contributed by atoms with Gasteiger partial charge in [0.25, 0.3) is 0 Å². The van der Waals surface area contributed by atoms with Gasteiger partial charge >= 0.3 is 0 Å². The summed E-state index contributed by atoms with van der Waals surface area (Å²) in [4.78, 5) is 11.9. The third-order valence-electron chi connectivity index (χ3n) is 3.57. The Labute approximate surface area is 114 Å². The molecule has 3 nitrogen and oxygen atoms in total. The third kappa shape index (κ3) is 5.06. The van der Waals surface area contributed by atoms with E-state index >= 15 is 0 Å². The minimum absolute atomic E-state index is 0. The zero-order chi connectivity index (χ0) is 11.2. The number of hydrogen-bond donors (Lipinski definition) is 2. The van der Waals surface area contributed by atoms with E-state index in [0.29, 0.717) is 0 Å². The number of nitrogens with one attached hydrogen (secondary N) is 2. The Hall–Kier alpha value is 0.0700. The van der Waals surface area contributed by atoms with Gasteiger partial charge in [0.15, 0.2) is 0 Å². The molecule has 100 valence electrons. The molecule has 0 radical (unpaired) electrons. The van der Waals surface area contributed by atoms with Gasteiger partial charge in [-0.15, -0.1) is 12.4 Å². The summed E-state index contributed by atoms with van der Waals surface area (Å²) >= 11 is 2.04. The molecule has 2 aliphatic heterocycles. The first-order valence-corrected chi connectivity index (χ1v) is 7.58. The van der Waals surface area contributed by atoms with Crippen LogP contribution in [0.3, 0.4) is 0 Å². The van der Waals surface area contributed by atoms with Crippen LogP contribution >= 0.6 is 24.2 Å². The fraction of sp³-hybridized carbons (Fsp3) is 0.917. The molecular weight excluding hydrogens is 256 g/mol. The molecule has 0 spiro atoms. The van der Waals surface area contributed by atoms with E-state index < -0.39 is 0 Å². The standard InChI is InChI=1S/C12H22N2OS.ClH/c15-12(11-2-1-5-13-9-11)14-8-10-3-6-16-7-4-10;/h10-11,13H,1-9H2,(H,14,15);1H. The van der Waals surface area contributed by atoms with Crippen molar-refractivity contribution in [3.05, 3.63) is 0 Å². The van der Waals surface area contributed by atoms with Crippen molar-refractivity contribution in [2.45, 2.75) is 25.7 Å².